The van der Waals surface area contributed by atoms with Gasteiger partial charge in [-0.25, -0.2) is 4.39 Å². The Kier molecular flexibility index (Phi) is 5.63. The van der Waals surface area contributed by atoms with Crippen LogP contribution in [0.15, 0.2) is 66.4 Å². The Morgan fingerprint density at radius 2 is 1.90 bits per heavy atom. The number of carbonyl (C=O) groups excluding carboxylic acids is 1. The van der Waals surface area contributed by atoms with E-state index in [-0.39, 0.29) is 22.8 Å². The van der Waals surface area contributed by atoms with Crippen LogP contribution in [0.4, 0.5) is 4.39 Å². The molecular formula is C26H25FN2OS. The predicted octanol–water partition coefficient (Wildman–Crippen LogP) is 5.48. The maximum absolute atomic E-state index is 14.7. The van der Waals surface area contributed by atoms with Crippen molar-refractivity contribution in [2.45, 2.75) is 30.6 Å². The van der Waals surface area contributed by atoms with E-state index in [4.69, 9.17) is 12.6 Å². The molecule has 0 spiro atoms. The van der Waals surface area contributed by atoms with Crippen LogP contribution in [0.5, 0.6) is 0 Å². The number of rotatable bonds is 5. The van der Waals surface area contributed by atoms with Gasteiger partial charge in [0.2, 0.25) is 0 Å². The first-order valence-corrected chi connectivity index (χ1v) is 11.4. The average molecular weight is 433 g/mol. The lowest BCUT2D eigenvalue weighted by Gasteiger charge is -2.37. The Morgan fingerprint density at radius 1 is 1.13 bits per heavy atom. The molecule has 3 aromatic rings. The van der Waals surface area contributed by atoms with Crippen molar-refractivity contribution in [3.63, 3.8) is 0 Å². The molecule has 2 unspecified atom stereocenters. The van der Waals surface area contributed by atoms with Gasteiger partial charge in [-0.3, -0.25) is 14.7 Å². The molecule has 1 aromatic heterocycles. The van der Waals surface area contributed by atoms with E-state index < -0.39 is 6.04 Å². The number of halogens is 1. The van der Waals surface area contributed by atoms with E-state index in [9.17, 15) is 9.18 Å². The number of aromatic nitrogens is 1. The first-order valence-electron chi connectivity index (χ1n) is 10.9. The number of hydrogen-bond acceptors (Lipinski definition) is 4. The number of para-hydroxylation sites is 1. The van der Waals surface area contributed by atoms with E-state index in [1.165, 1.54) is 6.07 Å². The van der Waals surface area contributed by atoms with Crippen LogP contribution in [0, 0.1) is 11.7 Å². The smallest absolute Gasteiger partial charge is 0.157 e. The number of piperidine rings is 1. The van der Waals surface area contributed by atoms with Crippen molar-refractivity contribution < 1.29 is 9.18 Å². The molecule has 5 heteroatoms. The summed E-state index contributed by atoms with van der Waals surface area (Å²) in [6.45, 7) is 1.32. The summed E-state index contributed by atoms with van der Waals surface area (Å²) in [4.78, 5) is 19.9. The molecule has 0 radical (unpaired) electrons. The van der Waals surface area contributed by atoms with Crippen molar-refractivity contribution in [1.29, 1.82) is 0 Å². The SMILES string of the molecule is O=C(C1CC1)C(c1ccccc1F)N1CCC(S)/C(=C\c2cnc3ccccc3c2)C1. The summed E-state index contributed by atoms with van der Waals surface area (Å²) in [6, 6.07) is 16.3. The van der Waals surface area contributed by atoms with Gasteiger partial charge in [0.05, 0.1) is 11.6 Å². The Labute approximate surface area is 187 Å². The highest BCUT2D eigenvalue weighted by atomic mass is 32.1. The maximum atomic E-state index is 14.7. The predicted molar refractivity (Wildman–Crippen MR) is 126 cm³/mol. The van der Waals surface area contributed by atoms with E-state index in [0.717, 1.165) is 47.8 Å². The first kappa shape index (κ1) is 20.4. The van der Waals surface area contributed by atoms with Gasteiger partial charge >= 0.3 is 0 Å². The van der Waals surface area contributed by atoms with Crippen molar-refractivity contribution in [1.82, 2.24) is 9.88 Å². The van der Waals surface area contributed by atoms with Crippen LogP contribution in [0.1, 0.15) is 36.4 Å². The Balaban J connectivity index is 1.47. The zero-order chi connectivity index (χ0) is 21.4. The zero-order valence-electron chi connectivity index (χ0n) is 17.2. The molecule has 1 saturated carbocycles. The molecule has 1 aliphatic heterocycles. The number of Topliss-reactive ketones (excluding diaryl/α,β-unsaturated/α-hetero) is 1. The van der Waals surface area contributed by atoms with E-state index in [1.54, 1.807) is 12.1 Å². The van der Waals surface area contributed by atoms with Crippen molar-refractivity contribution in [2.24, 2.45) is 5.92 Å². The van der Waals surface area contributed by atoms with Crippen LogP contribution in [-0.2, 0) is 4.79 Å². The number of nitrogens with zero attached hydrogens (tertiary/aromatic N) is 2. The largest absolute Gasteiger partial charge is 0.297 e. The standard InChI is InChI=1S/C26H25FN2OS/c27-22-7-3-2-6-21(22)25(26(30)18-9-10-18)29-12-11-24(31)20(16-29)14-17-13-19-5-1-4-8-23(19)28-15-17/h1-8,13-15,18,24-25,31H,9-12,16H2/b20-14-. The molecule has 2 heterocycles. The van der Waals surface area contributed by atoms with Crippen LogP contribution >= 0.6 is 12.6 Å². The fourth-order valence-electron chi connectivity index (χ4n) is 4.45. The fourth-order valence-corrected chi connectivity index (χ4v) is 4.73. The van der Waals surface area contributed by atoms with E-state index >= 15 is 0 Å². The summed E-state index contributed by atoms with van der Waals surface area (Å²) in [6.07, 6.45) is 6.65. The third-order valence-corrected chi connectivity index (χ3v) is 6.87. The average Bonchev–Trinajstić information content (AvgIpc) is 3.63. The van der Waals surface area contributed by atoms with Crippen LogP contribution < -0.4 is 0 Å². The summed E-state index contributed by atoms with van der Waals surface area (Å²) < 4.78 is 14.7. The molecule has 3 nitrogen and oxygen atoms in total. The number of hydrogen-bond donors (Lipinski definition) is 1. The van der Waals surface area contributed by atoms with E-state index in [1.807, 2.05) is 30.5 Å². The lowest BCUT2D eigenvalue weighted by molar-refractivity contribution is -0.126. The van der Waals surface area contributed by atoms with Gasteiger partial charge in [0.15, 0.2) is 5.78 Å². The second-order valence-electron chi connectivity index (χ2n) is 8.56. The minimum absolute atomic E-state index is 0.0652. The van der Waals surface area contributed by atoms with Crippen LogP contribution in [-0.4, -0.2) is 34.0 Å². The third kappa shape index (κ3) is 4.30. The molecule has 2 aliphatic rings. The molecular weight excluding hydrogens is 407 g/mol. The van der Waals surface area contributed by atoms with Gasteiger partial charge in [-0.1, -0.05) is 42.5 Å². The minimum atomic E-state index is -0.535. The molecule has 0 bridgehead atoms. The number of thiol groups is 1. The molecule has 2 fully saturated rings. The van der Waals surface area contributed by atoms with Gasteiger partial charge in [0.1, 0.15) is 5.82 Å². The number of pyridine rings is 1. The maximum Gasteiger partial charge on any atom is 0.157 e. The highest BCUT2D eigenvalue weighted by Crippen LogP contribution is 2.39. The van der Waals surface area contributed by atoms with Crippen molar-refractivity contribution >= 4 is 35.4 Å². The lowest BCUT2D eigenvalue weighted by Crippen LogP contribution is -2.42. The number of ketones is 1. The summed E-state index contributed by atoms with van der Waals surface area (Å²) in [5.41, 5.74) is 3.61. The van der Waals surface area contributed by atoms with Crippen LogP contribution in [0.2, 0.25) is 0 Å². The second-order valence-corrected chi connectivity index (χ2v) is 9.18. The van der Waals surface area contributed by atoms with Crippen LogP contribution in [0.3, 0.4) is 0 Å². The Hall–Kier alpha value is -2.50. The summed E-state index contributed by atoms with van der Waals surface area (Å²) in [7, 11) is 0. The topological polar surface area (TPSA) is 33.2 Å². The summed E-state index contributed by atoms with van der Waals surface area (Å²) in [5, 5.41) is 1.20. The molecule has 31 heavy (non-hydrogen) atoms. The van der Waals surface area contributed by atoms with Crippen LogP contribution in [0.25, 0.3) is 17.0 Å². The van der Waals surface area contributed by atoms with Gasteiger partial charge in [-0.05, 0) is 48.6 Å². The fraction of sp³-hybridized carbons (Fsp3) is 0.308. The zero-order valence-corrected chi connectivity index (χ0v) is 18.1. The number of carbonyl (C=O) groups is 1. The Morgan fingerprint density at radius 3 is 2.71 bits per heavy atom. The van der Waals surface area contributed by atoms with Gasteiger partial charge in [0, 0.05) is 41.4 Å². The quantitative estimate of drug-likeness (QED) is 0.542. The molecule has 5 rings (SSSR count). The molecule has 2 atom stereocenters. The number of benzene rings is 2. The third-order valence-electron chi connectivity index (χ3n) is 6.28. The van der Waals surface area contributed by atoms with Gasteiger partial charge < -0.3 is 0 Å². The number of likely N-dealkylation sites (tertiary alicyclic amines) is 1. The highest BCUT2D eigenvalue weighted by molar-refractivity contribution is 7.81. The number of fused-ring (bicyclic) bond motifs is 1. The molecule has 2 aromatic carbocycles. The molecule has 1 saturated heterocycles. The van der Waals surface area contributed by atoms with Gasteiger partial charge in [-0.15, -0.1) is 0 Å². The van der Waals surface area contributed by atoms with Gasteiger partial charge in [-0.2, -0.15) is 12.6 Å². The minimum Gasteiger partial charge on any atom is -0.297 e. The molecule has 158 valence electrons. The Bertz CT molecular complexity index is 1160. The van der Waals surface area contributed by atoms with Crippen molar-refractivity contribution in [2.75, 3.05) is 13.1 Å². The molecule has 0 N–H and O–H groups in total. The lowest BCUT2D eigenvalue weighted by atomic mass is 9.93. The van der Waals surface area contributed by atoms with Crippen molar-refractivity contribution in [3.05, 3.63) is 83.3 Å². The van der Waals surface area contributed by atoms with Gasteiger partial charge in [0.25, 0.3) is 0 Å². The highest BCUT2D eigenvalue weighted by Gasteiger charge is 2.40. The molecule has 1 aliphatic carbocycles. The second kappa shape index (κ2) is 8.56. The van der Waals surface area contributed by atoms with E-state index in [0.29, 0.717) is 12.1 Å². The summed E-state index contributed by atoms with van der Waals surface area (Å²) >= 11 is 4.81. The summed E-state index contributed by atoms with van der Waals surface area (Å²) in [5.74, 6) is -0.0939. The van der Waals surface area contributed by atoms with E-state index in [2.05, 4.69) is 28.1 Å². The monoisotopic (exact) mass is 432 g/mol. The molecule has 0 amide bonds. The normalized spacial score (nSPS) is 22.0. The van der Waals surface area contributed by atoms with Crippen molar-refractivity contribution in [3.8, 4) is 0 Å². The first-order chi connectivity index (χ1) is 15.1.